The Labute approximate surface area is 171 Å². The fraction of sp³-hybridized carbons (Fsp3) is 0.182. The standard InChI is InChI=1S/C22H15ClN4O2/c1-24-18-11-22(15-7-3-5-9-17(15)26-21(22)29)12-27(18)20(28)14-10-13-6-2-4-8-16(13)25-19(14)23/h2-10,18H,11-12H2,(H,26,29)/t18-,22-/m0/s1. The Morgan fingerprint density at radius 3 is 2.83 bits per heavy atom. The van der Waals surface area contributed by atoms with Gasteiger partial charge in [-0.25, -0.2) is 11.6 Å². The number of carbonyl (C=O) groups excluding carboxylic acids is 2. The first-order valence-electron chi connectivity index (χ1n) is 9.17. The van der Waals surface area contributed by atoms with Gasteiger partial charge in [-0.05, 0) is 23.8 Å². The van der Waals surface area contributed by atoms with Gasteiger partial charge in [0.2, 0.25) is 5.91 Å². The van der Waals surface area contributed by atoms with E-state index in [2.05, 4.69) is 15.1 Å². The first-order chi connectivity index (χ1) is 14.0. The molecule has 3 aromatic rings. The zero-order chi connectivity index (χ0) is 20.2. The molecule has 1 aromatic heterocycles. The van der Waals surface area contributed by atoms with Crippen LogP contribution in [0.25, 0.3) is 15.7 Å². The molecule has 6 nitrogen and oxygen atoms in total. The molecule has 2 aromatic carbocycles. The van der Waals surface area contributed by atoms with E-state index < -0.39 is 11.6 Å². The van der Waals surface area contributed by atoms with Crippen molar-refractivity contribution in [1.29, 1.82) is 0 Å². The SMILES string of the molecule is [C-]#[N+][C@@H]1C[C@@]2(CN1C(=O)c1cc3ccccc3nc1Cl)C(=O)Nc1ccccc12. The predicted molar refractivity (Wildman–Crippen MR) is 110 cm³/mol. The van der Waals surface area contributed by atoms with Crippen LogP contribution in [0.5, 0.6) is 0 Å². The molecule has 142 valence electrons. The van der Waals surface area contributed by atoms with Gasteiger partial charge in [0, 0.05) is 17.6 Å². The molecule has 2 aliphatic heterocycles. The first-order valence-corrected chi connectivity index (χ1v) is 9.55. The summed E-state index contributed by atoms with van der Waals surface area (Å²) in [6.45, 7) is 7.75. The number of pyridine rings is 1. The first kappa shape index (κ1) is 17.7. The van der Waals surface area contributed by atoms with Crippen LogP contribution in [0.3, 0.4) is 0 Å². The molecule has 0 aliphatic carbocycles. The summed E-state index contributed by atoms with van der Waals surface area (Å²) in [5, 5.41) is 3.77. The largest absolute Gasteiger partial charge is 0.325 e. The Bertz CT molecular complexity index is 1230. The fourth-order valence-corrected chi connectivity index (χ4v) is 4.56. The Morgan fingerprint density at radius 1 is 1.24 bits per heavy atom. The van der Waals surface area contributed by atoms with Crippen LogP contribution in [-0.4, -0.2) is 34.4 Å². The average Bonchev–Trinajstić information content (AvgIpc) is 3.26. The van der Waals surface area contributed by atoms with Crippen molar-refractivity contribution in [3.8, 4) is 0 Å². The molecule has 2 atom stereocenters. The van der Waals surface area contributed by atoms with Crippen LogP contribution in [0.1, 0.15) is 22.3 Å². The summed E-state index contributed by atoms with van der Waals surface area (Å²) in [5.74, 6) is -0.561. The molecule has 2 amide bonds. The second-order valence-electron chi connectivity index (χ2n) is 7.35. The Morgan fingerprint density at radius 2 is 2.00 bits per heavy atom. The maximum atomic E-state index is 13.4. The molecular formula is C22H15ClN4O2. The molecular weight excluding hydrogens is 388 g/mol. The lowest BCUT2D eigenvalue weighted by atomic mass is 9.80. The number of aromatic nitrogens is 1. The van der Waals surface area contributed by atoms with Gasteiger partial charge >= 0.3 is 6.17 Å². The van der Waals surface area contributed by atoms with E-state index >= 15 is 0 Å². The number of hydrogen-bond acceptors (Lipinski definition) is 3. The van der Waals surface area contributed by atoms with E-state index in [1.165, 1.54) is 4.90 Å². The molecule has 1 saturated heterocycles. The second kappa shape index (κ2) is 6.29. The molecule has 7 heteroatoms. The van der Waals surface area contributed by atoms with E-state index in [1.54, 1.807) is 6.07 Å². The van der Waals surface area contributed by atoms with E-state index in [-0.39, 0.29) is 35.5 Å². The number of benzene rings is 2. The number of fused-ring (bicyclic) bond motifs is 3. The number of rotatable bonds is 1. The third-order valence-electron chi connectivity index (χ3n) is 5.77. The molecule has 29 heavy (non-hydrogen) atoms. The zero-order valence-corrected chi connectivity index (χ0v) is 16.0. The van der Waals surface area contributed by atoms with Crippen molar-refractivity contribution in [3.63, 3.8) is 0 Å². The molecule has 0 bridgehead atoms. The van der Waals surface area contributed by atoms with E-state index in [1.807, 2.05) is 48.5 Å². The Kier molecular flexibility index (Phi) is 3.83. The van der Waals surface area contributed by atoms with Crippen molar-refractivity contribution in [2.24, 2.45) is 0 Å². The number of halogens is 1. The van der Waals surface area contributed by atoms with E-state index in [9.17, 15) is 9.59 Å². The Balaban J connectivity index is 1.57. The summed E-state index contributed by atoms with van der Waals surface area (Å²) < 4.78 is 0. The van der Waals surface area contributed by atoms with Crippen LogP contribution in [-0.2, 0) is 10.2 Å². The van der Waals surface area contributed by atoms with Crippen LogP contribution in [0.15, 0.2) is 54.6 Å². The number of amides is 2. The Hall–Kier alpha value is -3.43. The lowest BCUT2D eigenvalue weighted by Crippen LogP contribution is -2.40. The summed E-state index contributed by atoms with van der Waals surface area (Å²) in [7, 11) is 0. The third-order valence-corrected chi connectivity index (χ3v) is 6.06. The predicted octanol–water partition coefficient (Wildman–Crippen LogP) is 3.87. The maximum Gasteiger partial charge on any atom is 0.302 e. The lowest BCUT2D eigenvalue weighted by Gasteiger charge is -2.21. The summed E-state index contributed by atoms with van der Waals surface area (Å²) in [6, 6.07) is 16.5. The molecule has 0 radical (unpaired) electrons. The maximum absolute atomic E-state index is 13.4. The van der Waals surface area contributed by atoms with Crippen molar-refractivity contribution >= 4 is 40.0 Å². The van der Waals surface area contributed by atoms with Crippen LogP contribution in [0, 0.1) is 6.57 Å². The van der Waals surface area contributed by atoms with Gasteiger partial charge in [0.25, 0.3) is 5.91 Å². The van der Waals surface area contributed by atoms with E-state index in [4.69, 9.17) is 18.2 Å². The number of para-hydroxylation sites is 2. The average molecular weight is 403 g/mol. The number of carbonyl (C=O) groups is 2. The van der Waals surface area contributed by atoms with Crippen molar-refractivity contribution in [3.05, 3.63) is 82.3 Å². The van der Waals surface area contributed by atoms with Crippen molar-refractivity contribution in [2.45, 2.75) is 18.0 Å². The summed E-state index contributed by atoms with van der Waals surface area (Å²) in [5.41, 5.74) is 1.58. The second-order valence-corrected chi connectivity index (χ2v) is 7.71. The van der Waals surface area contributed by atoms with Gasteiger partial charge in [-0.15, -0.1) is 0 Å². The van der Waals surface area contributed by atoms with Crippen molar-refractivity contribution in [2.75, 3.05) is 11.9 Å². The van der Waals surface area contributed by atoms with Crippen LogP contribution < -0.4 is 5.32 Å². The normalized spacial score (nSPS) is 22.6. The van der Waals surface area contributed by atoms with Crippen LogP contribution in [0.2, 0.25) is 5.15 Å². The number of likely N-dealkylation sites (tertiary alicyclic amines) is 1. The monoisotopic (exact) mass is 402 g/mol. The summed E-state index contributed by atoms with van der Waals surface area (Å²) >= 11 is 6.31. The number of anilines is 1. The molecule has 5 rings (SSSR count). The molecule has 1 fully saturated rings. The van der Waals surface area contributed by atoms with Crippen molar-refractivity contribution in [1.82, 2.24) is 9.88 Å². The number of hydrogen-bond donors (Lipinski definition) is 1. The van der Waals surface area contributed by atoms with E-state index in [0.717, 1.165) is 16.6 Å². The number of nitrogens with one attached hydrogen (secondary N) is 1. The van der Waals surface area contributed by atoms with Gasteiger partial charge in [0.1, 0.15) is 10.6 Å². The molecule has 2 aliphatic rings. The van der Waals surface area contributed by atoms with Crippen LogP contribution in [0.4, 0.5) is 5.69 Å². The fourth-order valence-electron chi connectivity index (χ4n) is 4.34. The molecule has 1 spiro atoms. The minimum atomic E-state index is -0.918. The zero-order valence-electron chi connectivity index (χ0n) is 15.2. The smallest absolute Gasteiger partial charge is 0.302 e. The minimum Gasteiger partial charge on any atom is -0.325 e. The molecule has 1 N–H and O–H groups in total. The van der Waals surface area contributed by atoms with Gasteiger partial charge in [-0.3, -0.25) is 19.3 Å². The van der Waals surface area contributed by atoms with Gasteiger partial charge in [-0.1, -0.05) is 48.0 Å². The minimum absolute atomic E-state index is 0.0923. The molecule has 0 saturated carbocycles. The third kappa shape index (κ3) is 2.51. The lowest BCUT2D eigenvalue weighted by molar-refractivity contribution is -0.120. The van der Waals surface area contributed by atoms with Gasteiger partial charge in [-0.2, -0.15) is 0 Å². The summed E-state index contributed by atoms with van der Waals surface area (Å²) in [6.07, 6.45) is -0.495. The summed E-state index contributed by atoms with van der Waals surface area (Å²) in [4.78, 5) is 35.7. The van der Waals surface area contributed by atoms with Gasteiger partial charge < -0.3 is 5.32 Å². The number of nitrogens with zero attached hydrogens (tertiary/aromatic N) is 3. The highest BCUT2D eigenvalue weighted by Gasteiger charge is 2.58. The molecule has 0 unspecified atom stereocenters. The van der Waals surface area contributed by atoms with Gasteiger partial charge in [0.05, 0.1) is 17.5 Å². The van der Waals surface area contributed by atoms with Crippen LogP contribution >= 0.6 is 11.6 Å². The highest BCUT2D eigenvalue weighted by atomic mass is 35.5. The topological polar surface area (TPSA) is 66.7 Å². The quantitative estimate of drug-likeness (QED) is 0.496. The highest BCUT2D eigenvalue weighted by molar-refractivity contribution is 6.33. The van der Waals surface area contributed by atoms with Gasteiger partial charge in [0.15, 0.2) is 0 Å². The highest BCUT2D eigenvalue weighted by Crippen LogP contribution is 2.47. The molecule has 3 heterocycles. The van der Waals surface area contributed by atoms with Crippen molar-refractivity contribution < 1.29 is 9.59 Å². The van der Waals surface area contributed by atoms with E-state index in [0.29, 0.717) is 5.52 Å².